The number of hydrogen-bond donors (Lipinski definition) is 2. The Bertz CT molecular complexity index is 721. The summed E-state index contributed by atoms with van der Waals surface area (Å²) in [5.74, 6) is -1.80. The third-order valence-electron chi connectivity index (χ3n) is 4.14. The molecule has 0 unspecified atom stereocenters. The zero-order valence-electron chi connectivity index (χ0n) is 14.0. The zero-order chi connectivity index (χ0) is 18.4. The summed E-state index contributed by atoms with van der Waals surface area (Å²) in [6, 6.07) is 2.62. The van der Waals surface area contributed by atoms with Gasteiger partial charge in [-0.2, -0.15) is 0 Å². The maximum atomic E-state index is 14.1. The first kappa shape index (κ1) is 20.1. The predicted octanol–water partition coefficient (Wildman–Crippen LogP) is 2.77. The summed E-state index contributed by atoms with van der Waals surface area (Å²) in [5, 5.41) is -0.232. The highest BCUT2D eigenvalue weighted by atomic mass is 35.5. The van der Waals surface area contributed by atoms with Crippen LogP contribution in [-0.2, 0) is 21.4 Å². The summed E-state index contributed by atoms with van der Waals surface area (Å²) in [6.45, 7) is 0.147. The monoisotopic (exact) mass is 392 g/mol. The van der Waals surface area contributed by atoms with E-state index in [1.807, 2.05) is 10.3 Å². The average Bonchev–Trinajstić information content (AvgIpc) is 2.56. The molecule has 0 aliphatic heterocycles. The molecule has 1 aliphatic rings. The van der Waals surface area contributed by atoms with Gasteiger partial charge < -0.3 is 4.74 Å². The molecule has 2 N–H and O–H groups in total. The van der Waals surface area contributed by atoms with Crippen molar-refractivity contribution in [3.8, 4) is 0 Å². The quantitative estimate of drug-likeness (QED) is 0.699. The van der Waals surface area contributed by atoms with Crippen molar-refractivity contribution in [2.24, 2.45) is 5.92 Å². The number of carbonyl (C=O) groups excluding carboxylic acids is 1. The van der Waals surface area contributed by atoms with Gasteiger partial charge in [0.2, 0.25) is 10.0 Å². The molecule has 6 nitrogen and oxygen atoms in total. The second-order valence-electron chi connectivity index (χ2n) is 6.21. The Labute approximate surface area is 152 Å². The fraction of sp³-hybridized carbons (Fsp3) is 0.562. The van der Waals surface area contributed by atoms with E-state index in [9.17, 15) is 17.6 Å². The first-order valence-electron chi connectivity index (χ1n) is 8.09. The zero-order valence-corrected chi connectivity index (χ0v) is 15.6. The Morgan fingerprint density at radius 1 is 1.32 bits per heavy atom. The summed E-state index contributed by atoms with van der Waals surface area (Å²) in [4.78, 5) is 14.2. The lowest BCUT2D eigenvalue weighted by atomic mass is 9.91. The largest absolute Gasteiger partial charge is 0.380 e. The van der Waals surface area contributed by atoms with Gasteiger partial charge in [-0.05, 0) is 36.5 Å². The molecule has 9 heteroatoms. The second kappa shape index (κ2) is 8.93. The van der Waals surface area contributed by atoms with Crippen LogP contribution >= 0.6 is 11.6 Å². The van der Waals surface area contributed by atoms with Gasteiger partial charge in [0.25, 0.3) is 5.91 Å². The van der Waals surface area contributed by atoms with Crippen LogP contribution in [0.5, 0.6) is 0 Å². The highest BCUT2D eigenvalue weighted by Gasteiger charge is 2.23. The number of ether oxygens (including phenoxy) is 1. The standard InChI is InChI=1S/C16H22ClFN2O4S/c1-24-9-12-7-13(15(18)14(17)8-12)16(21)19-20-25(22,23)10-11-5-3-2-4-6-11/h7-8,11,20H,2-6,9-10H2,1H3,(H,19,21). The lowest BCUT2D eigenvalue weighted by molar-refractivity contribution is 0.0940. The minimum atomic E-state index is -3.69. The number of methoxy groups -OCH3 is 1. The molecule has 0 atom stereocenters. The molecular weight excluding hydrogens is 371 g/mol. The van der Waals surface area contributed by atoms with Gasteiger partial charge in [0.05, 0.1) is 22.9 Å². The predicted molar refractivity (Wildman–Crippen MR) is 93.1 cm³/mol. The number of benzene rings is 1. The fourth-order valence-electron chi connectivity index (χ4n) is 2.96. The van der Waals surface area contributed by atoms with Gasteiger partial charge in [-0.1, -0.05) is 30.9 Å². The van der Waals surface area contributed by atoms with Gasteiger partial charge in [0, 0.05) is 7.11 Å². The number of sulfonamides is 1. The number of amides is 1. The molecule has 1 aliphatic carbocycles. The van der Waals surface area contributed by atoms with Crippen LogP contribution in [0.4, 0.5) is 4.39 Å². The van der Waals surface area contributed by atoms with Gasteiger partial charge in [-0.25, -0.2) is 12.8 Å². The maximum Gasteiger partial charge on any atom is 0.269 e. The molecule has 25 heavy (non-hydrogen) atoms. The lowest BCUT2D eigenvalue weighted by Gasteiger charge is -2.21. The molecule has 1 saturated carbocycles. The van der Waals surface area contributed by atoms with Crippen LogP contribution < -0.4 is 10.3 Å². The van der Waals surface area contributed by atoms with E-state index in [1.54, 1.807) is 0 Å². The van der Waals surface area contributed by atoms with Crippen LogP contribution in [0.15, 0.2) is 12.1 Å². The highest BCUT2D eigenvalue weighted by molar-refractivity contribution is 7.89. The van der Waals surface area contributed by atoms with Crippen molar-refractivity contribution in [1.29, 1.82) is 0 Å². The van der Waals surface area contributed by atoms with Crippen LogP contribution in [-0.4, -0.2) is 27.2 Å². The fourth-order valence-corrected chi connectivity index (χ4v) is 4.49. The number of carbonyl (C=O) groups is 1. The Morgan fingerprint density at radius 2 is 2.00 bits per heavy atom. The number of nitrogens with one attached hydrogen (secondary N) is 2. The van der Waals surface area contributed by atoms with E-state index in [2.05, 4.69) is 0 Å². The van der Waals surface area contributed by atoms with Crippen LogP contribution in [0, 0.1) is 11.7 Å². The van der Waals surface area contributed by atoms with Gasteiger partial charge in [0.15, 0.2) is 5.82 Å². The summed E-state index contributed by atoms with van der Waals surface area (Å²) in [7, 11) is -2.23. The van der Waals surface area contributed by atoms with E-state index in [4.69, 9.17) is 16.3 Å². The molecule has 1 aromatic rings. The normalized spacial score (nSPS) is 16.0. The second-order valence-corrected chi connectivity index (χ2v) is 8.39. The molecule has 0 saturated heterocycles. The SMILES string of the molecule is COCc1cc(Cl)c(F)c(C(=O)NNS(=O)(=O)CC2CCCCC2)c1. The number of halogens is 2. The van der Waals surface area contributed by atoms with Crippen LogP contribution in [0.2, 0.25) is 5.02 Å². The minimum absolute atomic E-state index is 0.0553. The Kier molecular flexibility index (Phi) is 7.18. The van der Waals surface area contributed by atoms with Gasteiger partial charge in [-0.15, -0.1) is 4.83 Å². The molecule has 1 fully saturated rings. The first-order chi connectivity index (χ1) is 11.8. The smallest absolute Gasteiger partial charge is 0.269 e. The molecular formula is C16H22ClFN2O4S. The topological polar surface area (TPSA) is 84.5 Å². The van der Waals surface area contributed by atoms with Gasteiger partial charge >= 0.3 is 0 Å². The van der Waals surface area contributed by atoms with Gasteiger partial charge in [-0.3, -0.25) is 10.2 Å². The minimum Gasteiger partial charge on any atom is -0.380 e. The van der Waals surface area contributed by atoms with Crippen molar-refractivity contribution in [2.75, 3.05) is 12.9 Å². The molecule has 1 amide bonds. The van der Waals surface area contributed by atoms with Crippen LogP contribution in [0.25, 0.3) is 0 Å². The molecule has 0 heterocycles. The Balaban J connectivity index is 2.01. The average molecular weight is 393 g/mol. The maximum absolute atomic E-state index is 14.1. The molecule has 140 valence electrons. The molecule has 0 spiro atoms. The molecule has 0 aromatic heterocycles. The first-order valence-corrected chi connectivity index (χ1v) is 10.1. The summed E-state index contributed by atoms with van der Waals surface area (Å²) in [6.07, 6.45) is 4.87. The molecule has 0 bridgehead atoms. The summed E-state index contributed by atoms with van der Waals surface area (Å²) in [5.41, 5.74) is 2.21. The molecule has 0 radical (unpaired) electrons. The Hall–Kier alpha value is -1.22. The van der Waals surface area contributed by atoms with Crippen LogP contribution in [0.1, 0.15) is 48.0 Å². The van der Waals surface area contributed by atoms with Gasteiger partial charge in [0.1, 0.15) is 0 Å². The van der Waals surface area contributed by atoms with Crippen molar-refractivity contribution < 1.29 is 22.3 Å². The third-order valence-corrected chi connectivity index (χ3v) is 5.74. The number of rotatable bonds is 7. The third kappa shape index (κ3) is 5.91. The molecule has 2 rings (SSSR count). The van der Waals surface area contributed by atoms with Crippen molar-refractivity contribution in [3.63, 3.8) is 0 Å². The number of hydrazine groups is 1. The van der Waals surface area contributed by atoms with E-state index in [0.29, 0.717) is 5.56 Å². The van der Waals surface area contributed by atoms with Crippen LogP contribution in [0.3, 0.4) is 0 Å². The van der Waals surface area contributed by atoms with E-state index in [0.717, 1.165) is 32.1 Å². The van der Waals surface area contributed by atoms with E-state index in [1.165, 1.54) is 19.2 Å². The van der Waals surface area contributed by atoms with Crippen molar-refractivity contribution >= 4 is 27.5 Å². The summed E-state index contributed by atoms with van der Waals surface area (Å²) >= 11 is 5.77. The van der Waals surface area contributed by atoms with Crippen molar-refractivity contribution in [1.82, 2.24) is 10.3 Å². The van der Waals surface area contributed by atoms with E-state index in [-0.39, 0.29) is 28.9 Å². The molecule has 1 aromatic carbocycles. The lowest BCUT2D eigenvalue weighted by Crippen LogP contribution is -2.44. The van der Waals surface area contributed by atoms with E-state index < -0.39 is 21.7 Å². The van der Waals surface area contributed by atoms with E-state index >= 15 is 0 Å². The number of hydrogen-bond acceptors (Lipinski definition) is 4. The van der Waals surface area contributed by atoms with Crippen molar-refractivity contribution in [2.45, 2.75) is 38.7 Å². The Morgan fingerprint density at radius 3 is 2.64 bits per heavy atom. The van der Waals surface area contributed by atoms with Crippen molar-refractivity contribution in [3.05, 3.63) is 34.1 Å². The highest BCUT2D eigenvalue weighted by Crippen LogP contribution is 2.24. The summed E-state index contributed by atoms with van der Waals surface area (Å²) < 4.78 is 43.2.